The summed E-state index contributed by atoms with van der Waals surface area (Å²) < 4.78 is 0. The summed E-state index contributed by atoms with van der Waals surface area (Å²) in [6.45, 7) is 0. The van der Waals surface area contributed by atoms with Crippen LogP contribution in [0.3, 0.4) is 0 Å². The molecule has 2 heteroatoms. The summed E-state index contributed by atoms with van der Waals surface area (Å²) in [5.74, 6) is 0. The average molecular weight is 523 g/mol. The Labute approximate surface area is 230 Å². The van der Waals surface area contributed by atoms with Crippen LogP contribution in [0.5, 0.6) is 0 Å². The molecule has 0 bridgehead atoms. The summed E-state index contributed by atoms with van der Waals surface area (Å²) >= 11 is 6.85. The van der Waals surface area contributed by atoms with E-state index in [0.29, 0.717) is 0 Å². The fourth-order valence-electron chi connectivity index (χ4n) is 5.54. The number of halogens is 1. The van der Waals surface area contributed by atoms with Gasteiger partial charge in [-0.05, 0) is 49.6 Å². The third-order valence-electron chi connectivity index (χ3n) is 7.30. The second-order valence-electron chi connectivity index (χ2n) is 9.49. The Morgan fingerprint density at radius 1 is 0.342 bits per heavy atom. The molecular formula is C36H27ClSi. The lowest BCUT2D eigenvalue weighted by Gasteiger charge is -2.34. The van der Waals surface area contributed by atoms with Crippen LogP contribution in [0.1, 0.15) is 0 Å². The van der Waals surface area contributed by atoms with Crippen molar-refractivity contribution in [1.29, 1.82) is 0 Å². The highest BCUT2D eigenvalue weighted by Gasteiger charge is 2.41. The fraction of sp³-hybridized carbons (Fsp3) is 0. The molecule has 0 aromatic heterocycles. The minimum Gasteiger partial charge on any atom is -0.0837 e. The summed E-state index contributed by atoms with van der Waals surface area (Å²) in [5, 5.41) is 6.17. The summed E-state index contributed by atoms with van der Waals surface area (Å²) in [4.78, 5) is 0. The maximum atomic E-state index is 6.85. The Morgan fingerprint density at radius 3 is 1.32 bits per heavy atom. The number of rotatable bonds is 6. The highest BCUT2D eigenvalue weighted by Crippen LogP contribution is 2.32. The van der Waals surface area contributed by atoms with Crippen LogP contribution in [0, 0.1) is 0 Å². The van der Waals surface area contributed by atoms with Gasteiger partial charge in [0.05, 0.1) is 0 Å². The van der Waals surface area contributed by atoms with Gasteiger partial charge in [-0.3, -0.25) is 0 Å². The molecule has 0 radical (unpaired) electrons. The first kappa shape index (κ1) is 24.2. The van der Waals surface area contributed by atoms with E-state index in [-0.39, 0.29) is 0 Å². The van der Waals surface area contributed by atoms with Crippen molar-refractivity contribution in [2.45, 2.75) is 0 Å². The molecular weight excluding hydrogens is 496 g/mol. The van der Waals surface area contributed by atoms with Crippen molar-refractivity contribution in [1.82, 2.24) is 0 Å². The van der Waals surface area contributed by atoms with E-state index < -0.39 is 8.07 Å². The Morgan fingerprint density at radius 2 is 0.789 bits per heavy atom. The molecule has 0 spiro atoms. The lowest BCUT2D eigenvalue weighted by atomic mass is 9.99. The van der Waals surface area contributed by atoms with E-state index >= 15 is 0 Å². The average Bonchev–Trinajstić information content (AvgIpc) is 3.00. The maximum Gasteiger partial charge on any atom is 0.179 e. The number of benzene rings is 6. The SMILES string of the molecule is Clc1ccc(-c2ccccc2)cc1-c1cccc([Si](c2ccccc2)(c2ccccc2)c2ccccc2)c1. The van der Waals surface area contributed by atoms with Gasteiger partial charge in [-0.2, -0.15) is 0 Å². The van der Waals surface area contributed by atoms with Gasteiger partial charge < -0.3 is 0 Å². The third-order valence-corrected chi connectivity index (χ3v) is 12.4. The zero-order valence-corrected chi connectivity index (χ0v) is 22.7. The zero-order chi connectivity index (χ0) is 25.8. The smallest absolute Gasteiger partial charge is 0.0837 e. The molecule has 0 N–H and O–H groups in total. The fourth-order valence-corrected chi connectivity index (χ4v) is 10.6. The van der Waals surface area contributed by atoms with E-state index in [1.807, 2.05) is 12.1 Å². The second-order valence-corrected chi connectivity index (χ2v) is 13.7. The predicted octanol–water partition coefficient (Wildman–Crippen LogP) is 7.05. The molecule has 0 atom stereocenters. The van der Waals surface area contributed by atoms with Crippen molar-refractivity contribution in [2.75, 3.05) is 0 Å². The molecule has 0 nitrogen and oxygen atoms in total. The van der Waals surface area contributed by atoms with Crippen molar-refractivity contribution in [3.8, 4) is 22.3 Å². The largest absolute Gasteiger partial charge is 0.179 e. The van der Waals surface area contributed by atoms with Crippen LogP contribution in [0.4, 0.5) is 0 Å². The third kappa shape index (κ3) is 4.41. The predicted molar refractivity (Wildman–Crippen MR) is 166 cm³/mol. The molecule has 0 aliphatic heterocycles. The number of hydrogen-bond acceptors (Lipinski definition) is 0. The summed E-state index contributed by atoms with van der Waals surface area (Å²) in [7, 11) is -2.60. The Bertz CT molecular complexity index is 1550. The standard InChI is InChI=1S/C36H27ClSi/c37-36-25-24-29(28-14-5-1-6-15-28)27-35(36)30-16-13-23-34(26-30)38(31-17-7-2-8-18-31,32-19-9-3-10-20-32)33-21-11-4-12-22-33/h1-27H. The molecule has 0 aliphatic carbocycles. The minimum atomic E-state index is -2.60. The van der Waals surface area contributed by atoms with Crippen LogP contribution in [-0.4, -0.2) is 8.07 Å². The minimum absolute atomic E-state index is 0.758. The van der Waals surface area contributed by atoms with E-state index in [0.717, 1.165) is 21.7 Å². The van der Waals surface area contributed by atoms with E-state index in [4.69, 9.17) is 11.6 Å². The molecule has 6 rings (SSSR count). The molecule has 6 aromatic carbocycles. The van der Waals surface area contributed by atoms with Gasteiger partial charge in [0.2, 0.25) is 0 Å². The topological polar surface area (TPSA) is 0 Å². The lowest BCUT2D eigenvalue weighted by Crippen LogP contribution is -2.74. The molecule has 38 heavy (non-hydrogen) atoms. The second kappa shape index (κ2) is 10.7. The van der Waals surface area contributed by atoms with Gasteiger partial charge in [-0.1, -0.05) is 163 Å². The highest BCUT2D eigenvalue weighted by molar-refractivity contribution is 7.19. The van der Waals surface area contributed by atoms with Crippen LogP contribution < -0.4 is 20.7 Å². The zero-order valence-electron chi connectivity index (χ0n) is 21.0. The maximum absolute atomic E-state index is 6.85. The van der Waals surface area contributed by atoms with Crippen molar-refractivity contribution < 1.29 is 0 Å². The van der Waals surface area contributed by atoms with Gasteiger partial charge in [0, 0.05) is 10.6 Å². The van der Waals surface area contributed by atoms with Crippen LogP contribution in [0.2, 0.25) is 5.02 Å². The highest BCUT2D eigenvalue weighted by atomic mass is 35.5. The van der Waals surface area contributed by atoms with Gasteiger partial charge in [0.25, 0.3) is 0 Å². The van der Waals surface area contributed by atoms with Gasteiger partial charge in [0.1, 0.15) is 0 Å². The first-order chi connectivity index (χ1) is 18.8. The number of hydrogen-bond donors (Lipinski definition) is 0. The first-order valence-corrected chi connectivity index (χ1v) is 15.3. The Balaban J connectivity index is 1.61. The lowest BCUT2D eigenvalue weighted by molar-refractivity contribution is 1.59. The summed E-state index contributed by atoms with van der Waals surface area (Å²) in [6, 6.07) is 58.9. The van der Waals surface area contributed by atoms with Crippen LogP contribution in [0.15, 0.2) is 164 Å². The monoisotopic (exact) mass is 522 g/mol. The molecule has 6 aromatic rings. The molecule has 0 fully saturated rings. The van der Waals surface area contributed by atoms with E-state index in [9.17, 15) is 0 Å². The Kier molecular flexibility index (Phi) is 6.79. The van der Waals surface area contributed by atoms with Crippen molar-refractivity contribution in [3.05, 3.63) is 169 Å². The molecule has 182 valence electrons. The normalized spacial score (nSPS) is 11.3. The van der Waals surface area contributed by atoms with E-state index in [1.165, 1.54) is 26.3 Å². The Hall–Kier alpha value is -4.17. The molecule has 0 saturated carbocycles. The van der Waals surface area contributed by atoms with Crippen molar-refractivity contribution in [2.24, 2.45) is 0 Å². The molecule has 0 amide bonds. The van der Waals surface area contributed by atoms with E-state index in [1.54, 1.807) is 0 Å². The molecule has 0 aliphatic rings. The van der Waals surface area contributed by atoms with Gasteiger partial charge in [-0.25, -0.2) is 0 Å². The van der Waals surface area contributed by atoms with Gasteiger partial charge in [0.15, 0.2) is 8.07 Å². The first-order valence-electron chi connectivity index (χ1n) is 12.9. The molecule has 0 saturated heterocycles. The van der Waals surface area contributed by atoms with Crippen LogP contribution in [-0.2, 0) is 0 Å². The van der Waals surface area contributed by atoms with Crippen LogP contribution in [0.25, 0.3) is 22.3 Å². The summed E-state index contributed by atoms with van der Waals surface area (Å²) in [5.41, 5.74) is 4.52. The van der Waals surface area contributed by atoms with Crippen molar-refractivity contribution in [3.63, 3.8) is 0 Å². The molecule has 0 unspecified atom stereocenters. The van der Waals surface area contributed by atoms with Gasteiger partial charge >= 0.3 is 0 Å². The van der Waals surface area contributed by atoms with Crippen molar-refractivity contribution >= 4 is 40.4 Å². The molecule has 0 heterocycles. The van der Waals surface area contributed by atoms with Gasteiger partial charge in [-0.15, -0.1) is 0 Å². The van der Waals surface area contributed by atoms with E-state index in [2.05, 4.69) is 152 Å². The van der Waals surface area contributed by atoms with Crippen LogP contribution >= 0.6 is 11.6 Å². The quantitative estimate of drug-likeness (QED) is 0.162. The summed E-state index contributed by atoms with van der Waals surface area (Å²) in [6.07, 6.45) is 0.